The van der Waals surface area contributed by atoms with Gasteiger partial charge >= 0.3 is 0 Å². The summed E-state index contributed by atoms with van der Waals surface area (Å²) < 4.78 is 0. The summed E-state index contributed by atoms with van der Waals surface area (Å²) in [5, 5.41) is 13.4. The third-order valence-corrected chi connectivity index (χ3v) is 2.71. The van der Waals surface area contributed by atoms with E-state index in [1.165, 1.54) is 18.2 Å². The van der Waals surface area contributed by atoms with E-state index in [-0.39, 0.29) is 28.2 Å². The van der Waals surface area contributed by atoms with Crippen LogP contribution in [0.2, 0.25) is 5.02 Å². The molecule has 92 valence electrons. The summed E-state index contributed by atoms with van der Waals surface area (Å²) in [6, 6.07) is 4.02. The minimum atomic E-state index is -0.609. The second kappa shape index (κ2) is 5.63. The van der Waals surface area contributed by atoms with Gasteiger partial charge in [-0.25, -0.2) is 0 Å². The van der Waals surface area contributed by atoms with E-state index in [1.807, 2.05) is 13.8 Å². The van der Waals surface area contributed by atoms with Crippen LogP contribution in [0, 0.1) is 10.1 Å². The van der Waals surface area contributed by atoms with Gasteiger partial charge in [-0.1, -0.05) is 18.5 Å². The molecule has 1 amide bonds. The van der Waals surface area contributed by atoms with Crippen LogP contribution < -0.4 is 5.32 Å². The van der Waals surface area contributed by atoms with Crippen LogP contribution in [-0.4, -0.2) is 16.9 Å². The van der Waals surface area contributed by atoms with Crippen molar-refractivity contribution < 1.29 is 9.72 Å². The lowest BCUT2D eigenvalue weighted by molar-refractivity contribution is -0.384. The van der Waals surface area contributed by atoms with Gasteiger partial charge in [0.1, 0.15) is 5.02 Å². The van der Waals surface area contributed by atoms with Crippen LogP contribution in [0.1, 0.15) is 30.6 Å². The molecule has 0 radical (unpaired) electrons. The van der Waals surface area contributed by atoms with Crippen molar-refractivity contribution in [3.8, 4) is 0 Å². The zero-order valence-corrected chi connectivity index (χ0v) is 10.3. The molecule has 1 aromatic rings. The van der Waals surface area contributed by atoms with Gasteiger partial charge in [-0.3, -0.25) is 14.9 Å². The summed E-state index contributed by atoms with van der Waals surface area (Å²) in [6.07, 6.45) is 0.793. The molecule has 1 N–H and O–H groups in total. The number of hydrogen-bond acceptors (Lipinski definition) is 3. The number of benzene rings is 1. The fraction of sp³-hybridized carbons (Fsp3) is 0.364. The van der Waals surface area contributed by atoms with Crippen molar-refractivity contribution in [3.05, 3.63) is 38.9 Å². The van der Waals surface area contributed by atoms with E-state index in [1.54, 1.807) is 0 Å². The van der Waals surface area contributed by atoms with Gasteiger partial charge in [-0.15, -0.1) is 0 Å². The number of halogens is 1. The minimum absolute atomic E-state index is 0.0232. The molecular formula is C11H13ClN2O3. The molecule has 0 aromatic heterocycles. The van der Waals surface area contributed by atoms with Gasteiger partial charge < -0.3 is 5.32 Å². The van der Waals surface area contributed by atoms with Crippen LogP contribution in [0.3, 0.4) is 0 Å². The Balaban J connectivity index is 2.96. The lowest BCUT2D eigenvalue weighted by Crippen LogP contribution is -2.31. The number of amides is 1. The minimum Gasteiger partial charge on any atom is -0.350 e. The van der Waals surface area contributed by atoms with Gasteiger partial charge in [0.2, 0.25) is 0 Å². The van der Waals surface area contributed by atoms with Gasteiger partial charge in [-0.05, 0) is 25.5 Å². The molecule has 0 aliphatic heterocycles. The number of nitro benzene ring substituents is 1. The molecule has 0 fully saturated rings. The van der Waals surface area contributed by atoms with Gasteiger partial charge in [-0.2, -0.15) is 0 Å². The first-order valence-corrected chi connectivity index (χ1v) is 5.58. The topological polar surface area (TPSA) is 72.2 Å². The van der Waals surface area contributed by atoms with Crippen LogP contribution in [-0.2, 0) is 0 Å². The van der Waals surface area contributed by atoms with E-state index >= 15 is 0 Å². The van der Waals surface area contributed by atoms with Crippen LogP contribution in [0.25, 0.3) is 0 Å². The van der Waals surface area contributed by atoms with E-state index in [0.717, 1.165) is 6.42 Å². The SMILES string of the molecule is CCC(C)NC(=O)c1ccc(Cl)c([N+](=O)[O-])c1. The van der Waals surface area contributed by atoms with E-state index in [4.69, 9.17) is 11.6 Å². The highest BCUT2D eigenvalue weighted by molar-refractivity contribution is 6.32. The smallest absolute Gasteiger partial charge is 0.288 e. The molecule has 1 unspecified atom stereocenters. The molecule has 0 saturated carbocycles. The fourth-order valence-corrected chi connectivity index (χ4v) is 1.39. The highest BCUT2D eigenvalue weighted by Gasteiger charge is 2.16. The Kier molecular flexibility index (Phi) is 4.45. The molecule has 0 heterocycles. The van der Waals surface area contributed by atoms with Crippen LogP contribution in [0.15, 0.2) is 18.2 Å². The van der Waals surface area contributed by atoms with Crippen LogP contribution in [0.4, 0.5) is 5.69 Å². The predicted octanol–water partition coefficient (Wildman–Crippen LogP) is 2.78. The molecule has 0 bridgehead atoms. The third-order valence-electron chi connectivity index (χ3n) is 2.39. The zero-order valence-electron chi connectivity index (χ0n) is 9.57. The highest BCUT2D eigenvalue weighted by atomic mass is 35.5. The second-order valence-corrected chi connectivity index (χ2v) is 4.11. The molecule has 6 heteroatoms. The first kappa shape index (κ1) is 13.4. The Morgan fingerprint density at radius 2 is 2.24 bits per heavy atom. The largest absolute Gasteiger partial charge is 0.350 e. The maximum atomic E-state index is 11.7. The summed E-state index contributed by atoms with van der Waals surface area (Å²) >= 11 is 5.66. The lowest BCUT2D eigenvalue weighted by atomic mass is 10.1. The standard InChI is InChI=1S/C11H13ClN2O3/c1-3-7(2)13-11(15)8-4-5-9(12)10(6-8)14(16)17/h4-7H,3H2,1-2H3,(H,13,15). The predicted molar refractivity (Wildman–Crippen MR) is 65.3 cm³/mol. The highest BCUT2D eigenvalue weighted by Crippen LogP contribution is 2.24. The second-order valence-electron chi connectivity index (χ2n) is 3.71. The first-order valence-electron chi connectivity index (χ1n) is 5.20. The van der Waals surface area contributed by atoms with Gasteiger partial charge in [0.05, 0.1) is 4.92 Å². The summed E-state index contributed by atoms with van der Waals surface area (Å²) in [6.45, 7) is 3.80. The molecule has 0 aliphatic rings. The Labute approximate surface area is 104 Å². The van der Waals surface area contributed by atoms with Crippen molar-refractivity contribution in [2.75, 3.05) is 0 Å². The van der Waals surface area contributed by atoms with Crippen molar-refractivity contribution >= 4 is 23.2 Å². The van der Waals surface area contributed by atoms with Gasteiger partial charge in [0.25, 0.3) is 11.6 Å². The molecule has 17 heavy (non-hydrogen) atoms. The Hall–Kier alpha value is -1.62. The molecule has 0 aliphatic carbocycles. The molecule has 5 nitrogen and oxygen atoms in total. The Morgan fingerprint density at radius 1 is 1.59 bits per heavy atom. The quantitative estimate of drug-likeness (QED) is 0.665. The molecule has 1 aromatic carbocycles. The van der Waals surface area contributed by atoms with Crippen molar-refractivity contribution in [3.63, 3.8) is 0 Å². The average molecular weight is 257 g/mol. The number of rotatable bonds is 4. The number of nitrogens with one attached hydrogen (secondary N) is 1. The zero-order chi connectivity index (χ0) is 13.0. The van der Waals surface area contributed by atoms with Crippen molar-refractivity contribution in [1.82, 2.24) is 5.32 Å². The molecular weight excluding hydrogens is 244 g/mol. The van der Waals surface area contributed by atoms with Gasteiger partial charge in [0.15, 0.2) is 0 Å². The molecule has 0 spiro atoms. The third kappa shape index (κ3) is 3.42. The van der Waals surface area contributed by atoms with E-state index in [0.29, 0.717) is 0 Å². The Bertz CT molecular complexity index is 448. The molecule has 0 saturated heterocycles. The normalized spacial score (nSPS) is 11.9. The monoisotopic (exact) mass is 256 g/mol. The van der Waals surface area contributed by atoms with Crippen LogP contribution in [0.5, 0.6) is 0 Å². The van der Waals surface area contributed by atoms with Crippen molar-refractivity contribution in [1.29, 1.82) is 0 Å². The van der Waals surface area contributed by atoms with E-state index < -0.39 is 4.92 Å². The maximum absolute atomic E-state index is 11.7. The molecule has 1 rings (SSSR count). The lowest BCUT2D eigenvalue weighted by Gasteiger charge is -2.11. The maximum Gasteiger partial charge on any atom is 0.288 e. The summed E-state index contributed by atoms with van der Waals surface area (Å²) in [5.41, 5.74) is -0.0233. The average Bonchev–Trinajstić information content (AvgIpc) is 2.28. The number of carbonyl (C=O) groups excluding carboxylic acids is 1. The number of nitro groups is 1. The van der Waals surface area contributed by atoms with Crippen molar-refractivity contribution in [2.24, 2.45) is 0 Å². The summed E-state index contributed by atoms with van der Waals surface area (Å²) in [4.78, 5) is 21.8. The van der Waals surface area contributed by atoms with Crippen molar-refractivity contribution in [2.45, 2.75) is 26.3 Å². The number of hydrogen-bond donors (Lipinski definition) is 1. The summed E-state index contributed by atoms with van der Waals surface area (Å²) in [7, 11) is 0. The summed E-state index contributed by atoms with van der Waals surface area (Å²) in [5.74, 6) is -0.334. The number of nitrogens with zero attached hydrogens (tertiary/aromatic N) is 1. The Morgan fingerprint density at radius 3 is 2.76 bits per heavy atom. The number of carbonyl (C=O) groups is 1. The molecule has 1 atom stereocenters. The first-order chi connectivity index (χ1) is 7.95. The van der Waals surface area contributed by atoms with E-state index in [9.17, 15) is 14.9 Å². The van der Waals surface area contributed by atoms with Gasteiger partial charge in [0, 0.05) is 17.7 Å². The van der Waals surface area contributed by atoms with E-state index in [2.05, 4.69) is 5.32 Å². The fourth-order valence-electron chi connectivity index (χ4n) is 1.20. The van der Waals surface area contributed by atoms with Crippen LogP contribution >= 0.6 is 11.6 Å².